The fourth-order valence-electron chi connectivity index (χ4n) is 2.93. The molecule has 150 valence electrons. The second-order valence-corrected chi connectivity index (χ2v) is 7.04. The van der Waals surface area contributed by atoms with Gasteiger partial charge in [0.25, 0.3) is 0 Å². The monoisotopic (exact) mass is 382 g/mol. The number of benzene rings is 2. The number of unbranched alkanes of at least 4 members (excludes halogenated alkanes) is 2. The predicted octanol–water partition coefficient (Wildman–Crippen LogP) is 6.18. The first-order chi connectivity index (χ1) is 13.5. The molecule has 1 unspecified atom stereocenters. The van der Waals surface area contributed by atoms with Crippen LogP contribution in [0.25, 0.3) is 11.1 Å². The molecule has 2 aromatic rings. The number of hydrogen-bond acceptors (Lipinski definition) is 4. The Balaban J connectivity index is 1.94. The van der Waals surface area contributed by atoms with Crippen LogP contribution in [-0.4, -0.2) is 18.0 Å². The summed E-state index contributed by atoms with van der Waals surface area (Å²) in [6.07, 6.45) is 5.19. The van der Waals surface area contributed by atoms with Gasteiger partial charge in [-0.1, -0.05) is 57.4 Å². The van der Waals surface area contributed by atoms with Gasteiger partial charge in [0.15, 0.2) is 0 Å². The van der Waals surface area contributed by atoms with Crippen molar-refractivity contribution in [2.45, 2.75) is 65.4 Å². The SMILES string of the molecule is CCCCCC(=O)Oc1ccc(-c2ccc(C(=O)OC(C)CCC)cc2)cc1. The van der Waals surface area contributed by atoms with E-state index in [0.717, 1.165) is 43.2 Å². The summed E-state index contributed by atoms with van der Waals surface area (Å²) in [5.41, 5.74) is 2.52. The molecule has 0 heterocycles. The molecule has 0 aromatic heterocycles. The zero-order chi connectivity index (χ0) is 20.4. The smallest absolute Gasteiger partial charge is 0.338 e. The molecule has 2 aromatic carbocycles. The van der Waals surface area contributed by atoms with Gasteiger partial charge in [0, 0.05) is 6.42 Å². The topological polar surface area (TPSA) is 52.6 Å². The van der Waals surface area contributed by atoms with Crippen molar-refractivity contribution in [1.82, 2.24) is 0 Å². The van der Waals surface area contributed by atoms with E-state index in [9.17, 15) is 9.59 Å². The quantitative estimate of drug-likeness (QED) is 0.279. The minimum atomic E-state index is -0.294. The number of ether oxygens (including phenoxy) is 2. The van der Waals surface area contributed by atoms with Gasteiger partial charge < -0.3 is 9.47 Å². The van der Waals surface area contributed by atoms with Gasteiger partial charge in [-0.15, -0.1) is 0 Å². The number of esters is 2. The molecular weight excluding hydrogens is 352 g/mol. The summed E-state index contributed by atoms with van der Waals surface area (Å²) in [6, 6.07) is 14.7. The first-order valence-corrected chi connectivity index (χ1v) is 10.2. The summed E-state index contributed by atoms with van der Waals surface area (Å²) in [6.45, 7) is 6.08. The lowest BCUT2D eigenvalue weighted by molar-refractivity contribution is -0.134. The molecule has 28 heavy (non-hydrogen) atoms. The molecule has 0 amide bonds. The molecule has 0 fully saturated rings. The third-order valence-corrected chi connectivity index (χ3v) is 4.53. The first-order valence-electron chi connectivity index (χ1n) is 10.2. The van der Waals surface area contributed by atoms with Crippen LogP contribution in [0.3, 0.4) is 0 Å². The molecule has 2 rings (SSSR count). The second-order valence-electron chi connectivity index (χ2n) is 7.04. The molecular formula is C24H30O4. The Labute approximate surface area is 167 Å². The highest BCUT2D eigenvalue weighted by atomic mass is 16.5. The Morgan fingerprint density at radius 3 is 2.04 bits per heavy atom. The van der Waals surface area contributed by atoms with E-state index in [0.29, 0.717) is 17.7 Å². The van der Waals surface area contributed by atoms with Gasteiger partial charge in [-0.2, -0.15) is 0 Å². The molecule has 1 atom stereocenters. The zero-order valence-corrected chi connectivity index (χ0v) is 17.1. The van der Waals surface area contributed by atoms with E-state index in [1.807, 2.05) is 31.2 Å². The van der Waals surface area contributed by atoms with Crippen LogP contribution in [-0.2, 0) is 9.53 Å². The highest BCUT2D eigenvalue weighted by Gasteiger charge is 2.11. The van der Waals surface area contributed by atoms with Gasteiger partial charge in [-0.3, -0.25) is 4.79 Å². The Kier molecular flexibility index (Phi) is 8.73. The number of hydrogen-bond donors (Lipinski definition) is 0. The number of carbonyl (C=O) groups is 2. The van der Waals surface area contributed by atoms with Crippen molar-refractivity contribution >= 4 is 11.9 Å². The molecule has 0 aliphatic heterocycles. The summed E-state index contributed by atoms with van der Waals surface area (Å²) in [5, 5.41) is 0. The Morgan fingerprint density at radius 1 is 0.857 bits per heavy atom. The lowest BCUT2D eigenvalue weighted by atomic mass is 10.0. The van der Waals surface area contributed by atoms with E-state index in [1.165, 1.54) is 0 Å². The lowest BCUT2D eigenvalue weighted by Gasteiger charge is -2.12. The summed E-state index contributed by atoms with van der Waals surface area (Å²) in [5.74, 6) is 0.0644. The molecule has 0 bridgehead atoms. The van der Waals surface area contributed by atoms with Crippen LogP contribution < -0.4 is 4.74 Å². The highest BCUT2D eigenvalue weighted by molar-refractivity contribution is 5.90. The molecule has 4 heteroatoms. The summed E-state index contributed by atoms with van der Waals surface area (Å²) in [4.78, 5) is 23.9. The molecule has 0 saturated carbocycles. The van der Waals surface area contributed by atoms with Crippen LogP contribution in [0.15, 0.2) is 48.5 Å². The molecule has 4 nitrogen and oxygen atoms in total. The Bertz CT molecular complexity index is 747. The van der Waals surface area contributed by atoms with Gasteiger partial charge in [-0.25, -0.2) is 4.79 Å². The molecule has 0 N–H and O–H groups in total. The van der Waals surface area contributed by atoms with Crippen molar-refractivity contribution in [2.75, 3.05) is 0 Å². The van der Waals surface area contributed by atoms with Gasteiger partial charge in [0.05, 0.1) is 11.7 Å². The molecule has 0 spiro atoms. The second kappa shape index (κ2) is 11.3. The summed E-state index contributed by atoms with van der Waals surface area (Å²) in [7, 11) is 0. The van der Waals surface area contributed by atoms with Crippen LogP contribution in [0.5, 0.6) is 5.75 Å². The highest BCUT2D eigenvalue weighted by Crippen LogP contribution is 2.23. The number of carbonyl (C=O) groups excluding carboxylic acids is 2. The maximum Gasteiger partial charge on any atom is 0.338 e. The van der Waals surface area contributed by atoms with Gasteiger partial charge >= 0.3 is 11.9 Å². The van der Waals surface area contributed by atoms with Crippen LogP contribution in [0.1, 0.15) is 69.7 Å². The Morgan fingerprint density at radius 2 is 1.46 bits per heavy atom. The molecule has 0 saturated heterocycles. The van der Waals surface area contributed by atoms with Crippen LogP contribution >= 0.6 is 0 Å². The maximum atomic E-state index is 12.1. The Hall–Kier alpha value is -2.62. The van der Waals surface area contributed by atoms with E-state index in [-0.39, 0.29) is 18.0 Å². The van der Waals surface area contributed by atoms with Crippen LogP contribution in [0.4, 0.5) is 0 Å². The molecule has 0 radical (unpaired) electrons. The van der Waals surface area contributed by atoms with Crippen molar-refractivity contribution in [3.8, 4) is 16.9 Å². The van der Waals surface area contributed by atoms with Crippen molar-refractivity contribution in [3.05, 3.63) is 54.1 Å². The van der Waals surface area contributed by atoms with E-state index >= 15 is 0 Å². The minimum absolute atomic E-state index is 0.0746. The van der Waals surface area contributed by atoms with Crippen molar-refractivity contribution < 1.29 is 19.1 Å². The average molecular weight is 383 g/mol. The standard InChI is InChI=1S/C24H30O4/c1-4-6-7-9-23(25)28-22-16-14-20(15-17-22)19-10-12-21(13-11-19)24(26)27-18(3)8-5-2/h10-18H,4-9H2,1-3H3. The van der Waals surface area contributed by atoms with Crippen LogP contribution in [0.2, 0.25) is 0 Å². The maximum absolute atomic E-state index is 12.1. The van der Waals surface area contributed by atoms with Gasteiger partial charge in [-0.05, 0) is 55.2 Å². The van der Waals surface area contributed by atoms with E-state index in [4.69, 9.17) is 9.47 Å². The lowest BCUT2D eigenvalue weighted by Crippen LogP contribution is -2.14. The van der Waals surface area contributed by atoms with Crippen molar-refractivity contribution in [3.63, 3.8) is 0 Å². The van der Waals surface area contributed by atoms with Crippen LogP contribution in [0, 0.1) is 0 Å². The van der Waals surface area contributed by atoms with Crippen molar-refractivity contribution in [1.29, 1.82) is 0 Å². The zero-order valence-electron chi connectivity index (χ0n) is 17.1. The number of rotatable bonds is 10. The normalized spacial score (nSPS) is 11.7. The van der Waals surface area contributed by atoms with Gasteiger partial charge in [0.1, 0.15) is 5.75 Å². The third-order valence-electron chi connectivity index (χ3n) is 4.53. The van der Waals surface area contributed by atoms with E-state index < -0.39 is 0 Å². The summed E-state index contributed by atoms with van der Waals surface area (Å²) >= 11 is 0. The molecule has 0 aliphatic carbocycles. The minimum Gasteiger partial charge on any atom is -0.459 e. The summed E-state index contributed by atoms with van der Waals surface area (Å²) < 4.78 is 10.8. The largest absolute Gasteiger partial charge is 0.459 e. The fraction of sp³-hybridized carbons (Fsp3) is 0.417. The third kappa shape index (κ3) is 6.84. The first kappa shape index (κ1) is 21.7. The van der Waals surface area contributed by atoms with E-state index in [1.54, 1.807) is 24.3 Å². The fourth-order valence-corrected chi connectivity index (χ4v) is 2.93. The van der Waals surface area contributed by atoms with Gasteiger partial charge in [0.2, 0.25) is 0 Å². The average Bonchev–Trinajstić information content (AvgIpc) is 2.69. The van der Waals surface area contributed by atoms with E-state index in [2.05, 4.69) is 13.8 Å². The predicted molar refractivity (Wildman–Crippen MR) is 111 cm³/mol. The molecule has 0 aliphatic rings. The van der Waals surface area contributed by atoms with Crippen molar-refractivity contribution in [2.24, 2.45) is 0 Å².